The minimum Gasteiger partial charge on any atom is -0.465 e. The summed E-state index contributed by atoms with van der Waals surface area (Å²) in [6, 6.07) is 14.0. The Bertz CT molecular complexity index is 938. The molecule has 1 N–H and O–H groups in total. The number of amides is 1. The molecule has 7 heteroatoms. The van der Waals surface area contributed by atoms with Gasteiger partial charge in [-0.25, -0.2) is 9.78 Å². The zero-order chi connectivity index (χ0) is 18.5. The van der Waals surface area contributed by atoms with Gasteiger partial charge in [0, 0.05) is 11.3 Å². The number of esters is 1. The SMILES string of the molecule is COC(=O)c1cc(NC(=O)Cc2coc(-c3ccccc3)n2)ccc1Cl. The highest BCUT2D eigenvalue weighted by Gasteiger charge is 2.14. The van der Waals surface area contributed by atoms with Crippen LogP contribution in [0.3, 0.4) is 0 Å². The van der Waals surface area contributed by atoms with E-state index in [9.17, 15) is 9.59 Å². The van der Waals surface area contributed by atoms with Gasteiger partial charge in [0.15, 0.2) is 0 Å². The van der Waals surface area contributed by atoms with E-state index in [4.69, 9.17) is 16.0 Å². The molecule has 3 rings (SSSR count). The van der Waals surface area contributed by atoms with Gasteiger partial charge in [0.05, 0.1) is 29.8 Å². The lowest BCUT2D eigenvalue weighted by Crippen LogP contribution is -2.15. The van der Waals surface area contributed by atoms with Crippen LogP contribution in [0.4, 0.5) is 5.69 Å². The molecule has 6 nitrogen and oxygen atoms in total. The number of hydrogen-bond donors (Lipinski definition) is 1. The summed E-state index contributed by atoms with van der Waals surface area (Å²) >= 11 is 5.96. The molecule has 0 aliphatic heterocycles. The molecule has 0 aliphatic rings. The van der Waals surface area contributed by atoms with Gasteiger partial charge in [-0.3, -0.25) is 4.79 Å². The number of nitrogens with one attached hydrogen (secondary N) is 1. The lowest BCUT2D eigenvalue weighted by atomic mass is 10.2. The quantitative estimate of drug-likeness (QED) is 0.687. The number of benzene rings is 2. The van der Waals surface area contributed by atoms with Gasteiger partial charge >= 0.3 is 5.97 Å². The van der Waals surface area contributed by atoms with Crippen LogP contribution in [0.25, 0.3) is 11.5 Å². The number of ether oxygens (including phenoxy) is 1. The zero-order valence-electron chi connectivity index (χ0n) is 13.9. The van der Waals surface area contributed by atoms with Gasteiger partial charge in [0.25, 0.3) is 0 Å². The molecule has 26 heavy (non-hydrogen) atoms. The van der Waals surface area contributed by atoms with Gasteiger partial charge in [-0.2, -0.15) is 0 Å². The second kappa shape index (κ2) is 7.84. The first-order chi connectivity index (χ1) is 12.6. The molecule has 1 aromatic heterocycles. The van der Waals surface area contributed by atoms with Crippen LogP contribution >= 0.6 is 11.6 Å². The van der Waals surface area contributed by atoms with E-state index in [0.29, 0.717) is 17.3 Å². The monoisotopic (exact) mass is 370 g/mol. The Hall–Kier alpha value is -3.12. The molecule has 0 saturated heterocycles. The van der Waals surface area contributed by atoms with E-state index in [-0.39, 0.29) is 22.9 Å². The minimum absolute atomic E-state index is 0.0342. The third-order valence-electron chi connectivity index (χ3n) is 3.57. The summed E-state index contributed by atoms with van der Waals surface area (Å²) in [5.41, 5.74) is 1.95. The van der Waals surface area contributed by atoms with Crippen LogP contribution in [-0.2, 0) is 16.0 Å². The van der Waals surface area contributed by atoms with E-state index in [1.54, 1.807) is 6.07 Å². The average Bonchev–Trinajstić information content (AvgIpc) is 3.11. The number of anilines is 1. The smallest absolute Gasteiger partial charge is 0.339 e. The third-order valence-corrected chi connectivity index (χ3v) is 3.90. The fraction of sp³-hybridized carbons (Fsp3) is 0.105. The van der Waals surface area contributed by atoms with Gasteiger partial charge in [-0.05, 0) is 30.3 Å². The first-order valence-electron chi connectivity index (χ1n) is 7.74. The van der Waals surface area contributed by atoms with Gasteiger partial charge in [-0.1, -0.05) is 29.8 Å². The van der Waals surface area contributed by atoms with Crippen molar-refractivity contribution in [2.75, 3.05) is 12.4 Å². The molecule has 1 heterocycles. The predicted molar refractivity (Wildman–Crippen MR) is 97.1 cm³/mol. The molecule has 0 saturated carbocycles. The summed E-state index contributed by atoms with van der Waals surface area (Å²) in [6.07, 6.45) is 1.48. The maximum atomic E-state index is 12.2. The standard InChI is InChI=1S/C19H15ClN2O4/c1-25-19(24)15-9-13(7-8-16(15)20)21-17(23)10-14-11-26-18(22-14)12-5-3-2-4-6-12/h2-9,11H,10H2,1H3,(H,21,23). The number of aromatic nitrogens is 1. The Labute approximate surface area is 154 Å². The Morgan fingerprint density at radius 1 is 1.19 bits per heavy atom. The van der Waals surface area contributed by atoms with Crippen LogP contribution in [0.5, 0.6) is 0 Å². The van der Waals surface area contributed by atoms with Crippen molar-refractivity contribution in [3.8, 4) is 11.5 Å². The Morgan fingerprint density at radius 3 is 2.69 bits per heavy atom. The van der Waals surface area contributed by atoms with Crippen LogP contribution in [0.1, 0.15) is 16.1 Å². The fourth-order valence-electron chi connectivity index (χ4n) is 2.34. The Balaban J connectivity index is 1.68. The summed E-state index contributed by atoms with van der Waals surface area (Å²) in [5, 5.41) is 2.95. The Kier molecular flexibility index (Phi) is 5.34. The van der Waals surface area contributed by atoms with Crippen molar-refractivity contribution < 1.29 is 18.7 Å². The number of methoxy groups -OCH3 is 1. The average molecular weight is 371 g/mol. The maximum absolute atomic E-state index is 12.2. The third kappa shape index (κ3) is 4.10. The van der Waals surface area contributed by atoms with E-state index in [1.165, 1.54) is 25.5 Å². The summed E-state index contributed by atoms with van der Waals surface area (Å²) in [6.45, 7) is 0. The molecule has 0 bridgehead atoms. The summed E-state index contributed by atoms with van der Waals surface area (Å²) in [5.74, 6) is -0.418. The lowest BCUT2D eigenvalue weighted by molar-refractivity contribution is -0.115. The van der Waals surface area contributed by atoms with Gasteiger partial charge in [0.2, 0.25) is 11.8 Å². The van der Waals surface area contributed by atoms with Crippen molar-refractivity contribution >= 4 is 29.2 Å². The summed E-state index contributed by atoms with van der Waals surface area (Å²) in [4.78, 5) is 28.2. The lowest BCUT2D eigenvalue weighted by Gasteiger charge is -2.07. The van der Waals surface area contributed by atoms with Crippen LogP contribution < -0.4 is 5.32 Å². The highest BCUT2D eigenvalue weighted by Crippen LogP contribution is 2.22. The summed E-state index contributed by atoms with van der Waals surface area (Å²) < 4.78 is 10.1. The number of halogens is 1. The van der Waals surface area contributed by atoms with Gasteiger partial charge in [0.1, 0.15) is 6.26 Å². The van der Waals surface area contributed by atoms with E-state index in [1.807, 2.05) is 30.3 Å². The van der Waals surface area contributed by atoms with Crippen LogP contribution in [0, 0.1) is 0 Å². The molecule has 3 aromatic rings. The van der Waals surface area contributed by atoms with Gasteiger partial charge in [-0.15, -0.1) is 0 Å². The second-order valence-electron chi connectivity index (χ2n) is 5.42. The van der Waals surface area contributed by atoms with Crippen LogP contribution in [-0.4, -0.2) is 24.0 Å². The maximum Gasteiger partial charge on any atom is 0.339 e. The van der Waals surface area contributed by atoms with Crippen molar-refractivity contribution in [1.29, 1.82) is 0 Å². The predicted octanol–water partition coefficient (Wildman–Crippen LogP) is 3.96. The molecule has 0 spiro atoms. The van der Waals surface area contributed by atoms with E-state index in [0.717, 1.165) is 5.56 Å². The number of nitrogens with zero attached hydrogens (tertiary/aromatic N) is 1. The molecule has 0 unspecified atom stereocenters. The second-order valence-corrected chi connectivity index (χ2v) is 5.83. The van der Waals surface area contributed by atoms with Crippen molar-refractivity contribution in [3.05, 3.63) is 71.1 Å². The minimum atomic E-state index is -0.574. The molecule has 2 aromatic carbocycles. The molecule has 0 fully saturated rings. The van der Waals surface area contributed by atoms with Crippen molar-refractivity contribution in [2.24, 2.45) is 0 Å². The largest absolute Gasteiger partial charge is 0.465 e. The normalized spacial score (nSPS) is 10.4. The highest BCUT2D eigenvalue weighted by atomic mass is 35.5. The molecule has 0 atom stereocenters. The molecular formula is C19H15ClN2O4. The molecular weight excluding hydrogens is 356 g/mol. The van der Waals surface area contributed by atoms with Crippen LogP contribution in [0.2, 0.25) is 5.02 Å². The fourth-order valence-corrected chi connectivity index (χ4v) is 2.54. The first kappa shape index (κ1) is 17.7. The number of carbonyl (C=O) groups excluding carboxylic acids is 2. The van der Waals surface area contributed by atoms with Crippen molar-refractivity contribution in [2.45, 2.75) is 6.42 Å². The van der Waals surface area contributed by atoms with Crippen molar-refractivity contribution in [3.63, 3.8) is 0 Å². The molecule has 132 valence electrons. The van der Waals surface area contributed by atoms with E-state index >= 15 is 0 Å². The topological polar surface area (TPSA) is 81.4 Å². The number of oxazole rings is 1. The van der Waals surface area contributed by atoms with Gasteiger partial charge < -0.3 is 14.5 Å². The van der Waals surface area contributed by atoms with E-state index in [2.05, 4.69) is 15.0 Å². The Morgan fingerprint density at radius 2 is 1.96 bits per heavy atom. The molecule has 1 amide bonds. The number of rotatable bonds is 5. The van der Waals surface area contributed by atoms with Crippen LogP contribution in [0.15, 0.2) is 59.2 Å². The number of hydrogen-bond acceptors (Lipinski definition) is 5. The number of carbonyl (C=O) groups is 2. The highest BCUT2D eigenvalue weighted by molar-refractivity contribution is 6.33. The molecule has 0 aliphatic carbocycles. The van der Waals surface area contributed by atoms with Crippen molar-refractivity contribution in [1.82, 2.24) is 4.98 Å². The van der Waals surface area contributed by atoms with E-state index < -0.39 is 5.97 Å². The first-order valence-corrected chi connectivity index (χ1v) is 8.12. The molecule has 0 radical (unpaired) electrons. The summed E-state index contributed by atoms with van der Waals surface area (Å²) in [7, 11) is 1.26. The zero-order valence-corrected chi connectivity index (χ0v) is 14.6.